The predicted octanol–water partition coefficient (Wildman–Crippen LogP) is 0.219. The Kier molecular flexibility index (Phi) is 4.85. The van der Waals surface area contributed by atoms with Gasteiger partial charge in [0.05, 0.1) is 12.2 Å². The number of rotatable bonds is 6. The van der Waals surface area contributed by atoms with Crippen LogP contribution in [0.5, 0.6) is 0 Å². The summed E-state index contributed by atoms with van der Waals surface area (Å²) in [4.78, 5) is 36.3. The fraction of sp³-hybridized carbons (Fsp3) is 0.267. The normalized spacial score (nSPS) is 16.8. The van der Waals surface area contributed by atoms with Crippen molar-refractivity contribution in [2.24, 2.45) is 5.73 Å². The number of nitrogens with two attached hydrogens (primary N) is 1. The highest BCUT2D eigenvalue weighted by Crippen LogP contribution is 2.23. The maximum atomic E-state index is 13.9. The minimum Gasteiger partial charge on any atom is -0.368 e. The van der Waals surface area contributed by atoms with Crippen molar-refractivity contribution in [2.45, 2.75) is 25.6 Å². The first-order valence-corrected chi connectivity index (χ1v) is 7.95. The molecule has 11 heteroatoms. The fourth-order valence-corrected chi connectivity index (χ4v) is 2.81. The number of amides is 4. The number of carbonyl (C=O) groups is 3. The Bertz CT molecular complexity index is 866. The molecule has 0 spiro atoms. The predicted molar refractivity (Wildman–Crippen MR) is 87.2 cm³/mol. The van der Waals surface area contributed by atoms with E-state index in [-0.39, 0.29) is 30.1 Å². The van der Waals surface area contributed by atoms with Gasteiger partial charge >= 0.3 is 6.03 Å². The van der Waals surface area contributed by atoms with Gasteiger partial charge in [0.25, 0.3) is 5.91 Å². The average Bonchev–Trinajstić information content (AvgIpc) is 3.09. The highest BCUT2D eigenvalue weighted by molar-refractivity contribution is 6.31. The van der Waals surface area contributed by atoms with Crippen LogP contribution in [0, 0.1) is 5.82 Å². The number of nitrogens with zero attached hydrogens (tertiary/aromatic N) is 4. The summed E-state index contributed by atoms with van der Waals surface area (Å²) in [6, 6.07) is 2.60. The zero-order chi connectivity index (χ0) is 18.8. The first-order chi connectivity index (χ1) is 12.3. The molecule has 1 aliphatic heterocycles. The molecule has 1 aromatic carbocycles. The van der Waals surface area contributed by atoms with Crippen molar-refractivity contribution >= 4 is 29.4 Å². The Morgan fingerprint density at radius 3 is 2.85 bits per heavy atom. The molecule has 4 amide bonds. The number of aromatic nitrogens is 3. The molecule has 1 aliphatic rings. The van der Waals surface area contributed by atoms with Crippen LogP contribution in [0.1, 0.15) is 11.3 Å². The molecule has 0 aliphatic carbocycles. The van der Waals surface area contributed by atoms with Crippen molar-refractivity contribution < 1.29 is 18.8 Å². The Labute approximate surface area is 151 Å². The molecule has 2 aromatic rings. The number of primary amides is 1. The van der Waals surface area contributed by atoms with Crippen LogP contribution in [-0.2, 0) is 29.1 Å². The number of hydrogen-bond donors (Lipinski definition) is 2. The molecule has 3 rings (SSSR count). The highest BCUT2D eigenvalue weighted by atomic mass is 35.5. The summed E-state index contributed by atoms with van der Waals surface area (Å²) in [5.41, 5.74) is 5.53. The Morgan fingerprint density at radius 1 is 1.38 bits per heavy atom. The van der Waals surface area contributed by atoms with Crippen LogP contribution in [0.4, 0.5) is 9.18 Å². The van der Waals surface area contributed by atoms with Gasteiger partial charge in [0, 0.05) is 23.2 Å². The lowest BCUT2D eigenvalue weighted by Gasteiger charge is -2.14. The second kappa shape index (κ2) is 7.08. The van der Waals surface area contributed by atoms with E-state index in [2.05, 4.69) is 15.6 Å². The second-order valence-corrected chi connectivity index (χ2v) is 6.11. The molecule has 1 fully saturated rings. The van der Waals surface area contributed by atoms with E-state index in [9.17, 15) is 18.8 Å². The molecule has 3 N–H and O–H groups in total. The van der Waals surface area contributed by atoms with Crippen LogP contribution in [0.25, 0.3) is 0 Å². The SMILES string of the molecule is NC(=O)Cn1cc(C[C@H]2NC(=O)N(Cc3c(F)cccc3Cl)C2=O)nn1. The van der Waals surface area contributed by atoms with Gasteiger partial charge in [-0.3, -0.25) is 14.5 Å². The molecule has 0 unspecified atom stereocenters. The van der Waals surface area contributed by atoms with Crippen LogP contribution in [0.3, 0.4) is 0 Å². The average molecular weight is 381 g/mol. The number of hydrogen-bond acceptors (Lipinski definition) is 5. The Morgan fingerprint density at radius 2 is 2.15 bits per heavy atom. The van der Waals surface area contributed by atoms with E-state index in [1.165, 1.54) is 29.1 Å². The zero-order valence-corrected chi connectivity index (χ0v) is 14.1. The number of imide groups is 1. The smallest absolute Gasteiger partial charge is 0.325 e. The maximum Gasteiger partial charge on any atom is 0.325 e. The minimum absolute atomic E-state index is 0.0609. The van der Waals surface area contributed by atoms with E-state index in [0.717, 1.165) is 4.90 Å². The van der Waals surface area contributed by atoms with Crippen LogP contribution in [0.2, 0.25) is 5.02 Å². The monoisotopic (exact) mass is 380 g/mol. The first kappa shape index (κ1) is 17.8. The lowest BCUT2D eigenvalue weighted by atomic mass is 10.1. The summed E-state index contributed by atoms with van der Waals surface area (Å²) in [6.07, 6.45) is 1.53. The fourth-order valence-electron chi connectivity index (χ4n) is 2.58. The van der Waals surface area contributed by atoms with Crippen LogP contribution in [0.15, 0.2) is 24.4 Å². The number of urea groups is 1. The van der Waals surface area contributed by atoms with Crippen molar-refractivity contribution in [1.29, 1.82) is 0 Å². The summed E-state index contributed by atoms with van der Waals surface area (Å²) in [6.45, 7) is -0.420. The number of carbonyl (C=O) groups excluding carboxylic acids is 3. The lowest BCUT2D eigenvalue weighted by molar-refractivity contribution is -0.127. The van der Waals surface area contributed by atoms with Crippen LogP contribution >= 0.6 is 11.6 Å². The van der Waals surface area contributed by atoms with Crippen molar-refractivity contribution in [3.63, 3.8) is 0 Å². The van der Waals surface area contributed by atoms with Crippen molar-refractivity contribution in [3.8, 4) is 0 Å². The molecule has 136 valence electrons. The molecular weight excluding hydrogens is 367 g/mol. The van der Waals surface area contributed by atoms with Crippen LogP contribution in [-0.4, -0.2) is 43.8 Å². The summed E-state index contributed by atoms with van der Waals surface area (Å²) in [7, 11) is 0. The molecule has 9 nitrogen and oxygen atoms in total. The highest BCUT2D eigenvalue weighted by Gasteiger charge is 2.39. The Hall–Kier alpha value is -3.01. The molecular formula is C15H14ClFN6O3. The van der Waals surface area contributed by atoms with E-state index in [1.807, 2.05) is 0 Å². The van der Waals surface area contributed by atoms with Gasteiger partial charge in [0.2, 0.25) is 5.91 Å². The third kappa shape index (κ3) is 3.64. The summed E-state index contributed by atoms with van der Waals surface area (Å²) in [5, 5.41) is 10.2. The third-order valence-corrected chi connectivity index (χ3v) is 4.16. The van der Waals surface area contributed by atoms with Gasteiger partial charge in [-0.15, -0.1) is 5.10 Å². The summed E-state index contributed by atoms with van der Waals surface area (Å²) in [5.74, 6) is -1.71. The number of benzene rings is 1. The summed E-state index contributed by atoms with van der Waals surface area (Å²) >= 11 is 5.95. The molecule has 26 heavy (non-hydrogen) atoms. The zero-order valence-electron chi connectivity index (χ0n) is 13.4. The molecule has 0 bridgehead atoms. The van der Waals surface area contributed by atoms with Crippen molar-refractivity contribution in [3.05, 3.63) is 46.5 Å². The number of nitrogens with one attached hydrogen (secondary N) is 1. The Balaban J connectivity index is 1.71. The lowest BCUT2D eigenvalue weighted by Crippen LogP contribution is -2.32. The van der Waals surface area contributed by atoms with E-state index in [4.69, 9.17) is 17.3 Å². The molecule has 1 aromatic heterocycles. The van der Waals surface area contributed by atoms with Gasteiger partial charge in [0.15, 0.2) is 0 Å². The topological polar surface area (TPSA) is 123 Å². The van der Waals surface area contributed by atoms with E-state index in [1.54, 1.807) is 0 Å². The molecule has 0 radical (unpaired) electrons. The third-order valence-electron chi connectivity index (χ3n) is 3.80. The summed E-state index contributed by atoms with van der Waals surface area (Å²) < 4.78 is 15.1. The molecule has 1 atom stereocenters. The minimum atomic E-state index is -0.869. The first-order valence-electron chi connectivity index (χ1n) is 7.57. The second-order valence-electron chi connectivity index (χ2n) is 5.70. The molecule has 0 saturated carbocycles. The van der Waals surface area contributed by atoms with Gasteiger partial charge in [-0.1, -0.05) is 22.9 Å². The molecule has 2 heterocycles. The largest absolute Gasteiger partial charge is 0.368 e. The quantitative estimate of drug-likeness (QED) is 0.694. The van der Waals surface area contributed by atoms with Crippen molar-refractivity contribution in [2.75, 3.05) is 0 Å². The number of halogens is 2. The van der Waals surface area contributed by atoms with Gasteiger partial charge in [-0.25, -0.2) is 13.9 Å². The van der Waals surface area contributed by atoms with E-state index in [0.29, 0.717) is 5.69 Å². The van der Waals surface area contributed by atoms with Crippen molar-refractivity contribution in [1.82, 2.24) is 25.2 Å². The maximum absolute atomic E-state index is 13.9. The van der Waals surface area contributed by atoms with Crippen LogP contribution < -0.4 is 11.1 Å². The van der Waals surface area contributed by atoms with Gasteiger partial charge < -0.3 is 11.1 Å². The van der Waals surface area contributed by atoms with Gasteiger partial charge in [-0.2, -0.15) is 0 Å². The van der Waals surface area contributed by atoms with E-state index >= 15 is 0 Å². The van der Waals surface area contributed by atoms with Gasteiger partial charge in [0.1, 0.15) is 18.4 Å². The molecule has 1 saturated heterocycles. The van der Waals surface area contributed by atoms with Gasteiger partial charge in [-0.05, 0) is 12.1 Å². The standard InChI is InChI=1S/C15H14ClFN6O3/c16-10-2-1-3-11(17)9(10)6-23-14(25)12(19-15(23)26)4-8-5-22(21-20-8)7-13(18)24/h1-3,5,12H,4,6-7H2,(H2,18,24)(H,19,26)/t12-/m1/s1. The van der Waals surface area contributed by atoms with E-state index < -0.39 is 29.7 Å².